The zero-order valence-corrected chi connectivity index (χ0v) is 8.81. The number of nitrogens with two attached hydrogens (primary N) is 1. The number of phenolic OH excluding ortho intramolecular Hbond substituents is 1. The van der Waals surface area contributed by atoms with Crippen molar-refractivity contribution in [3.63, 3.8) is 0 Å². The summed E-state index contributed by atoms with van der Waals surface area (Å²) in [5, 5.41) is 8.07. The molecule has 0 saturated carbocycles. The average Bonchev–Trinajstić information content (AvgIpc) is 2.14. The SMILES string of the molecule is NC(CCc1ccccc1O)S(=O)(=O)O. The summed E-state index contributed by atoms with van der Waals surface area (Å²) >= 11 is 0. The molecular weight excluding hydrogens is 218 g/mol. The first-order chi connectivity index (χ1) is 6.91. The first-order valence-corrected chi connectivity index (χ1v) is 5.90. The van der Waals surface area contributed by atoms with Crippen molar-refractivity contribution in [3.8, 4) is 5.75 Å². The van der Waals surface area contributed by atoms with Gasteiger partial charge in [-0.25, -0.2) is 0 Å². The van der Waals surface area contributed by atoms with E-state index in [4.69, 9.17) is 10.3 Å². The second kappa shape index (κ2) is 4.61. The highest BCUT2D eigenvalue weighted by molar-refractivity contribution is 7.86. The first-order valence-electron chi connectivity index (χ1n) is 4.40. The van der Waals surface area contributed by atoms with Gasteiger partial charge >= 0.3 is 0 Å². The van der Waals surface area contributed by atoms with Crippen LogP contribution in [0.1, 0.15) is 12.0 Å². The van der Waals surface area contributed by atoms with Crippen LogP contribution in [0.4, 0.5) is 0 Å². The van der Waals surface area contributed by atoms with Crippen LogP contribution in [0, 0.1) is 0 Å². The number of aromatic hydroxyl groups is 1. The second-order valence-electron chi connectivity index (χ2n) is 3.22. The Morgan fingerprint density at radius 1 is 1.33 bits per heavy atom. The predicted octanol–water partition coefficient (Wildman–Crippen LogP) is 0.497. The van der Waals surface area contributed by atoms with Gasteiger partial charge in [-0.1, -0.05) is 18.2 Å². The molecule has 0 saturated heterocycles. The van der Waals surface area contributed by atoms with Gasteiger partial charge in [-0.3, -0.25) is 4.55 Å². The third kappa shape index (κ3) is 3.50. The molecule has 15 heavy (non-hydrogen) atoms. The van der Waals surface area contributed by atoms with Crippen molar-refractivity contribution in [2.45, 2.75) is 18.2 Å². The Kier molecular flexibility index (Phi) is 3.67. The van der Waals surface area contributed by atoms with Crippen molar-refractivity contribution < 1.29 is 18.1 Å². The van der Waals surface area contributed by atoms with Gasteiger partial charge < -0.3 is 10.8 Å². The second-order valence-corrected chi connectivity index (χ2v) is 4.86. The molecule has 4 N–H and O–H groups in total. The molecule has 0 aromatic heterocycles. The minimum Gasteiger partial charge on any atom is -0.508 e. The Hall–Kier alpha value is -1.11. The van der Waals surface area contributed by atoms with Gasteiger partial charge in [-0.2, -0.15) is 8.42 Å². The van der Waals surface area contributed by atoms with Gasteiger partial charge in [0.2, 0.25) is 0 Å². The summed E-state index contributed by atoms with van der Waals surface area (Å²) < 4.78 is 29.8. The molecule has 84 valence electrons. The Bertz CT molecular complexity index is 429. The van der Waals surface area contributed by atoms with E-state index in [-0.39, 0.29) is 12.2 Å². The van der Waals surface area contributed by atoms with Crippen molar-refractivity contribution in [3.05, 3.63) is 29.8 Å². The fourth-order valence-corrected chi connectivity index (χ4v) is 1.58. The van der Waals surface area contributed by atoms with Gasteiger partial charge in [0.25, 0.3) is 10.1 Å². The largest absolute Gasteiger partial charge is 0.508 e. The van der Waals surface area contributed by atoms with Gasteiger partial charge in [-0.15, -0.1) is 0 Å². The van der Waals surface area contributed by atoms with Crippen LogP contribution in [0.25, 0.3) is 0 Å². The lowest BCUT2D eigenvalue weighted by Crippen LogP contribution is -2.30. The zero-order valence-electron chi connectivity index (χ0n) is 8.00. The van der Waals surface area contributed by atoms with E-state index in [1.54, 1.807) is 18.2 Å². The fourth-order valence-electron chi connectivity index (χ4n) is 1.17. The normalized spacial score (nSPS) is 13.7. The lowest BCUT2D eigenvalue weighted by atomic mass is 10.1. The van der Waals surface area contributed by atoms with E-state index in [2.05, 4.69) is 0 Å². The molecule has 1 rings (SSSR count). The van der Waals surface area contributed by atoms with Gasteiger partial charge in [0.1, 0.15) is 11.1 Å². The van der Waals surface area contributed by atoms with E-state index in [1.807, 2.05) is 0 Å². The number of benzene rings is 1. The summed E-state index contributed by atoms with van der Waals surface area (Å²) in [6, 6.07) is 6.58. The molecule has 1 atom stereocenters. The number of aryl methyl sites for hydroxylation is 1. The molecule has 0 fully saturated rings. The average molecular weight is 231 g/mol. The van der Waals surface area contributed by atoms with E-state index in [1.165, 1.54) is 6.07 Å². The van der Waals surface area contributed by atoms with Crippen molar-refractivity contribution in [2.24, 2.45) is 5.73 Å². The van der Waals surface area contributed by atoms with E-state index >= 15 is 0 Å². The number of rotatable bonds is 4. The molecule has 1 aromatic carbocycles. The number of phenols is 1. The third-order valence-corrected chi connectivity index (χ3v) is 3.07. The van der Waals surface area contributed by atoms with Gasteiger partial charge in [-0.05, 0) is 24.5 Å². The Morgan fingerprint density at radius 3 is 2.47 bits per heavy atom. The highest BCUT2D eigenvalue weighted by Gasteiger charge is 2.17. The van der Waals surface area contributed by atoms with Crippen LogP contribution in [-0.4, -0.2) is 23.5 Å². The molecule has 0 aliphatic heterocycles. The Labute approximate surface area is 88.3 Å². The van der Waals surface area contributed by atoms with Crippen LogP contribution in [0.5, 0.6) is 5.75 Å². The maximum absolute atomic E-state index is 10.6. The lowest BCUT2D eigenvalue weighted by molar-refractivity contribution is 0.455. The Balaban J connectivity index is 2.63. The van der Waals surface area contributed by atoms with E-state index in [0.717, 1.165) is 0 Å². The molecule has 0 heterocycles. The first kappa shape index (κ1) is 12.0. The Morgan fingerprint density at radius 2 is 1.93 bits per heavy atom. The number of hydrogen-bond donors (Lipinski definition) is 3. The molecule has 1 aromatic rings. The van der Waals surface area contributed by atoms with Crippen molar-refractivity contribution in [1.29, 1.82) is 0 Å². The van der Waals surface area contributed by atoms with Crippen LogP contribution >= 0.6 is 0 Å². The quantitative estimate of drug-likeness (QED) is 0.655. The van der Waals surface area contributed by atoms with Crippen molar-refractivity contribution in [2.75, 3.05) is 0 Å². The van der Waals surface area contributed by atoms with E-state index < -0.39 is 15.5 Å². The lowest BCUT2D eigenvalue weighted by Gasteiger charge is -2.08. The molecule has 0 bridgehead atoms. The number of hydrogen-bond acceptors (Lipinski definition) is 4. The molecule has 5 nitrogen and oxygen atoms in total. The van der Waals surface area contributed by atoms with E-state index in [9.17, 15) is 13.5 Å². The van der Waals surface area contributed by atoms with Gasteiger partial charge in [0, 0.05) is 0 Å². The van der Waals surface area contributed by atoms with Crippen LogP contribution in [-0.2, 0) is 16.5 Å². The van der Waals surface area contributed by atoms with Crippen LogP contribution < -0.4 is 5.73 Å². The maximum Gasteiger partial charge on any atom is 0.280 e. The molecular formula is C9H13NO4S. The highest BCUT2D eigenvalue weighted by atomic mass is 32.2. The molecule has 0 amide bonds. The topological polar surface area (TPSA) is 101 Å². The molecule has 0 aliphatic carbocycles. The van der Waals surface area contributed by atoms with E-state index in [0.29, 0.717) is 12.0 Å². The standard InChI is InChI=1S/C9H13NO4S/c10-9(15(12,13)14)6-5-7-3-1-2-4-8(7)11/h1-4,9,11H,5-6,10H2,(H,12,13,14). The summed E-state index contributed by atoms with van der Waals surface area (Å²) in [4.78, 5) is 0. The fraction of sp³-hybridized carbons (Fsp3) is 0.333. The molecule has 1 unspecified atom stereocenters. The minimum absolute atomic E-state index is 0.0659. The molecule has 0 aliphatic rings. The molecule has 0 radical (unpaired) electrons. The van der Waals surface area contributed by atoms with Crippen molar-refractivity contribution >= 4 is 10.1 Å². The summed E-state index contributed by atoms with van der Waals surface area (Å²) in [7, 11) is -4.19. The van der Waals surface area contributed by atoms with Crippen LogP contribution in [0.3, 0.4) is 0 Å². The summed E-state index contributed by atoms with van der Waals surface area (Å²) in [6.45, 7) is 0. The minimum atomic E-state index is -4.19. The third-order valence-electron chi connectivity index (χ3n) is 2.07. The maximum atomic E-state index is 10.6. The van der Waals surface area contributed by atoms with Crippen LogP contribution in [0.15, 0.2) is 24.3 Å². The molecule has 0 spiro atoms. The van der Waals surface area contributed by atoms with Crippen molar-refractivity contribution in [1.82, 2.24) is 0 Å². The summed E-state index contributed by atoms with van der Waals surface area (Å²) in [5.74, 6) is 0.0973. The highest BCUT2D eigenvalue weighted by Crippen LogP contribution is 2.18. The monoisotopic (exact) mass is 231 g/mol. The summed E-state index contributed by atoms with van der Waals surface area (Å²) in [6.07, 6.45) is 0.365. The number of para-hydroxylation sites is 1. The van der Waals surface area contributed by atoms with Crippen LogP contribution in [0.2, 0.25) is 0 Å². The van der Waals surface area contributed by atoms with Gasteiger partial charge in [0.05, 0.1) is 0 Å². The van der Waals surface area contributed by atoms with Gasteiger partial charge in [0.15, 0.2) is 0 Å². The smallest absolute Gasteiger partial charge is 0.280 e. The molecule has 6 heteroatoms. The predicted molar refractivity (Wildman–Crippen MR) is 56.0 cm³/mol. The zero-order chi connectivity index (χ0) is 11.5. The summed E-state index contributed by atoms with van der Waals surface area (Å²) in [5.41, 5.74) is 5.84.